The van der Waals surface area contributed by atoms with Gasteiger partial charge in [-0.2, -0.15) is 5.10 Å². The number of thiophene rings is 1. The molecule has 13 heavy (non-hydrogen) atoms. The predicted molar refractivity (Wildman–Crippen MR) is 54.0 cm³/mol. The van der Waals surface area contributed by atoms with Crippen LogP contribution in [0, 0.1) is 0 Å². The first-order chi connectivity index (χ1) is 6.25. The van der Waals surface area contributed by atoms with Gasteiger partial charge in [-0.05, 0) is 22.0 Å². The van der Waals surface area contributed by atoms with Crippen molar-refractivity contribution >= 4 is 27.3 Å². The van der Waals surface area contributed by atoms with Gasteiger partial charge in [0, 0.05) is 14.7 Å². The van der Waals surface area contributed by atoms with Crippen LogP contribution in [0.2, 0.25) is 0 Å². The lowest BCUT2D eigenvalue weighted by atomic mass is 10.5. The zero-order valence-electron chi connectivity index (χ0n) is 6.53. The zero-order valence-corrected chi connectivity index (χ0v) is 8.93. The third-order valence-electron chi connectivity index (χ3n) is 1.55. The van der Waals surface area contributed by atoms with Crippen molar-refractivity contribution in [2.24, 2.45) is 0 Å². The van der Waals surface area contributed by atoms with E-state index in [1.54, 1.807) is 11.3 Å². The summed E-state index contributed by atoms with van der Waals surface area (Å²) in [4.78, 5) is 14.7. The molecule has 2 rings (SSSR count). The maximum Gasteiger partial charge on any atom is 0.343 e. The molecule has 68 valence electrons. The lowest BCUT2D eigenvalue weighted by Crippen LogP contribution is -2.18. The molecule has 0 fully saturated rings. The van der Waals surface area contributed by atoms with E-state index < -0.39 is 0 Å². The Bertz CT molecular complexity index is 458. The van der Waals surface area contributed by atoms with Crippen LogP contribution in [0.25, 0.3) is 0 Å². The molecule has 0 amide bonds. The molecule has 2 aromatic rings. The molecule has 0 aromatic carbocycles. The SMILES string of the molecule is O=c1[nH]cnn1Cc1cc(Br)cs1. The van der Waals surface area contributed by atoms with Crippen molar-refractivity contribution in [3.8, 4) is 0 Å². The van der Waals surface area contributed by atoms with Gasteiger partial charge in [0.2, 0.25) is 0 Å². The van der Waals surface area contributed by atoms with Crippen LogP contribution in [0.5, 0.6) is 0 Å². The van der Waals surface area contributed by atoms with Gasteiger partial charge < -0.3 is 0 Å². The third kappa shape index (κ3) is 1.89. The Morgan fingerprint density at radius 3 is 3.08 bits per heavy atom. The summed E-state index contributed by atoms with van der Waals surface area (Å²) in [7, 11) is 0. The molecule has 0 aliphatic carbocycles. The zero-order chi connectivity index (χ0) is 9.26. The second kappa shape index (κ2) is 3.47. The Labute approximate surface area is 86.3 Å². The normalized spacial score (nSPS) is 10.5. The summed E-state index contributed by atoms with van der Waals surface area (Å²) < 4.78 is 2.43. The van der Waals surface area contributed by atoms with Gasteiger partial charge in [0.15, 0.2) is 0 Å². The molecule has 2 heterocycles. The summed E-state index contributed by atoms with van der Waals surface area (Å²) in [5, 5.41) is 5.84. The summed E-state index contributed by atoms with van der Waals surface area (Å²) >= 11 is 4.95. The molecule has 0 spiro atoms. The molecular formula is C7H6BrN3OS. The number of aromatic amines is 1. The maximum absolute atomic E-state index is 11.1. The lowest BCUT2D eigenvalue weighted by molar-refractivity contribution is 0.666. The van der Waals surface area contributed by atoms with Crippen LogP contribution in [0.15, 0.2) is 27.0 Å². The van der Waals surface area contributed by atoms with Crippen LogP contribution >= 0.6 is 27.3 Å². The molecule has 6 heteroatoms. The number of H-pyrrole nitrogens is 1. The summed E-state index contributed by atoms with van der Waals surface area (Å²) in [6.45, 7) is 0.526. The summed E-state index contributed by atoms with van der Waals surface area (Å²) in [6.07, 6.45) is 1.39. The highest BCUT2D eigenvalue weighted by atomic mass is 79.9. The number of nitrogens with zero attached hydrogens (tertiary/aromatic N) is 2. The first-order valence-electron chi connectivity index (χ1n) is 3.59. The van der Waals surface area contributed by atoms with Crippen molar-refractivity contribution in [3.63, 3.8) is 0 Å². The van der Waals surface area contributed by atoms with Crippen molar-refractivity contribution in [1.29, 1.82) is 0 Å². The molecule has 0 unspecified atom stereocenters. The monoisotopic (exact) mass is 259 g/mol. The second-order valence-electron chi connectivity index (χ2n) is 2.48. The van der Waals surface area contributed by atoms with Gasteiger partial charge in [-0.15, -0.1) is 11.3 Å². The number of hydrogen-bond donors (Lipinski definition) is 1. The summed E-state index contributed by atoms with van der Waals surface area (Å²) in [5.41, 5.74) is -0.176. The third-order valence-corrected chi connectivity index (χ3v) is 3.23. The average Bonchev–Trinajstić information content (AvgIpc) is 2.64. The van der Waals surface area contributed by atoms with Crippen LogP contribution in [-0.4, -0.2) is 14.8 Å². The van der Waals surface area contributed by atoms with Gasteiger partial charge in [0.05, 0.1) is 6.54 Å². The summed E-state index contributed by atoms with van der Waals surface area (Å²) in [6, 6.07) is 1.98. The van der Waals surface area contributed by atoms with E-state index in [4.69, 9.17) is 0 Å². The first-order valence-corrected chi connectivity index (χ1v) is 5.26. The van der Waals surface area contributed by atoms with E-state index in [2.05, 4.69) is 26.0 Å². The Morgan fingerprint density at radius 2 is 2.54 bits per heavy atom. The smallest absolute Gasteiger partial charge is 0.295 e. The Kier molecular flexibility index (Phi) is 2.32. The van der Waals surface area contributed by atoms with Crippen LogP contribution in [0.3, 0.4) is 0 Å². The van der Waals surface area contributed by atoms with Gasteiger partial charge >= 0.3 is 5.69 Å². The fourth-order valence-corrected chi connectivity index (χ4v) is 2.41. The van der Waals surface area contributed by atoms with E-state index in [1.807, 2.05) is 11.4 Å². The van der Waals surface area contributed by atoms with Crippen molar-refractivity contribution in [2.75, 3.05) is 0 Å². The first kappa shape index (κ1) is 8.71. The quantitative estimate of drug-likeness (QED) is 0.888. The topological polar surface area (TPSA) is 50.7 Å². The number of aromatic nitrogens is 3. The van der Waals surface area contributed by atoms with Crippen LogP contribution < -0.4 is 5.69 Å². The van der Waals surface area contributed by atoms with E-state index in [1.165, 1.54) is 11.0 Å². The molecular weight excluding hydrogens is 254 g/mol. The minimum Gasteiger partial charge on any atom is -0.295 e. The van der Waals surface area contributed by atoms with Crippen molar-refractivity contribution in [3.05, 3.63) is 37.6 Å². The Balaban J connectivity index is 2.24. The van der Waals surface area contributed by atoms with Gasteiger partial charge in [-0.1, -0.05) is 0 Å². The Morgan fingerprint density at radius 1 is 1.69 bits per heavy atom. The number of halogens is 1. The largest absolute Gasteiger partial charge is 0.343 e. The lowest BCUT2D eigenvalue weighted by Gasteiger charge is -1.93. The molecule has 0 bridgehead atoms. The van der Waals surface area contributed by atoms with E-state index in [-0.39, 0.29) is 5.69 Å². The number of nitrogens with one attached hydrogen (secondary N) is 1. The highest BCUT2D eigenvalue weighted by Crippen LogP contribution is 2.19. The number of hydrogen-bond acceptors (Lipinski definition) is 3. The summed E-state index contributed by atoms with van der Waals surface area (Å²) in [5.74, 6) is 0. The molecule has 0 aliphatic rings. The highest BCUT2D eigenvalue weighted by Gasteiger charge is 2.01. The minimum absolute atomic E-state index is 0.176. The fourth-order valence-electron chi connectivity index (χ4n) is 0.978. The van der Waals surface area contributed by atoms with Crippen molar-refractivity contribution in [1.82, 2.24) is 14.8 Å². The van der Waals surface area contributed by atoms with Gasteiger partial charge in [0.25, 0.3) is 0 Å². The maximum atomic E-state index is 11.1. The van der Waals surface area contributed by atoms with Gasteiger partial charge in [-0.25, -0.2) is 9.48 Å². The molecule has 0 aliphatic heterocycles. The average molecular weight is 260 g/mol. The molecule has 0 radical (unpaired) electrons. The van der Waals surface area contributed by atoms with Crippen molar-refractivity contribution < 1.29 is 0 Å². The molecule has 4 nitrogen and oxygen atoms in total. The molecule has 0 saturated carbocycles. The van der Waals surface area contributed by atoms with Gasteiger partial charge in [0.1, 0.15) is 6.33 Å². The van der Waals surface area contributed by atoms with E-state index in [0.29, 0.717) is 6.54 Å². The van der Waals surface area contributed by atoms with E-state index in [9.17, 15) is 4.79 Å². The van der Waals surface area contributed by atoms with Crippen LogP contribution in [0.1, 0.15) is 4.88 Å². The molecule has 2 aromatic heterocycles. The van der Waals surface area contributed by atoms with Crippen molar-refractivity contribution in [2.45, 2.75) is 6.54 Å². The molecule has 0 saturated heterocycles. The predicted octanol–water partition coefficient (Wildman–Crippen LogP) is 1.44. The van der Waals surface area contributed by atoms with E-state index >= 15 is 0 Å². The standard InChI is InChI=1S/C7H6BrN3OS/c8-5-1-6(13-3-5)2-11-7(12)9-4-10-11/h1,3-4H,2H2,(H,9,10,12). The second-order valence-corrected chi connectivity index (χ2v) is 4.39. The Hall–Kier alpha value is -0.880. The van der Waals surface area contributed by atoms with Crippen LogP contribution in [0.4, 0.5) is 0 Å². The minimum atomic E-state index is -0.176. The molecule has 1 N–H and O–H groups in total. The van der Waals surface area contributed by atoms with E-state index in [0.717, 1.165) is 9.35 Å². The highest BCUT2D eigenvalue weighted by molar-refractivity contribution is 9.10. The molecule has 0 atom stereocenters. The van der Waals surface area contributed by atoms with Crippen LogP contribution in [-0.2, 0) is 6.54 Å². The number of rotatable bonds is 2. The fraction of sp³-hybridized carbons (Fsp3) is 0.143. The van der Waals surface area contributed by atoms with Gasteiger partial charge in [-0.3, -0.25) is 4.98 Å².